The number of hydrogen-bond donors (Lipinski definition) is 1. The summed E-state index contributed by atoms with van der Waals surface area (Å²) in [7, 11) is 0. The van der Waals surface area contributed by atoms with Crippen molar-refractivity contribution in [2.45, 2.75) is 6.42 Å². The van der Waals surface area contributed by atoms with Crippen LogP contribution in [-0.2, 0) is 4.79 Å². The molecule has 7 heteroatoms. The van der Waals surface area contributed by atoms with Crippen molar-refractivity contribution in [3.63, 3.8) is 0 Å². The molecule has 3 aromatic rings. The van der Waals surface area contributed by atoms with Gasteiger partial charge in [0.05, 0.1) is 22.5 Å². The first-order chi connectivity index (χ1) is 14.6. The number of hydrogen-bond acceptors (Lipinski definition) is 5. The van der Waals surface area contributed by atoms with E-state index in [1.165, 1.54) is 0 Å². The van der Waals surface area contributed by atoms with Gasteiger partial charge in [-0.1, -0.05) is 30.3 Å². The van der Waals surface area contributed by atoms with E-state index in [4.69, 9.17) is 0 Å². The second-order valence-electron chi connectivity index (χ2n) is 6.69. The number of benzene rings is 3. The minimum absolute atomic E-state index is 0.0148. The van der Waals surface area contributed by atoms with Crippen LogP contribution in [0.2, 0.25) is 0 Å². The van der Waals surface area contributed by atoms with Crippen LogP contribution >= 0.6 is 0 Å². The number of carbonyl (C=O) groups is 3. The van der Waals surface area contributed by atoms with E-state index in [0.717, 1.165) is 10.6 Å². The van der Waals surface area contributed by atoms with Crippen LogP contribution in [0.1, 0.15) is 27.1 Å². The molecule has 0 aliphatic carbocycles. The molecule has 1 aliphatic heterocycles. The topological polar surface area (TPSA) is 91.2 Å². The third-order valence-electron chi connectivity index (χ3n) is 4.63. The number of rotatable bonds is 6. The largest absolute Gasteiger partial charge is 0.326 e. The van der Waals surface area contributed by atoms with Gasteiger partial charge in [0.15, 0.2) is 0 Å². The van der Waals surface area contributed by atoms with Crippen molar-refractivity contribution >= 4 is 34.8 Å². The number of nitrogens with one attached hydrogen (secondary N) is 1. The first kappa shape index (κ1) is 19.2. The second-order valence-corrected chi connectivity index (χ2v) is 6.69. The molecule has 0 aromatic heterocycles. The van der Waals surface area contributed by atoms with Crippen molar-refractivity contribution in [2.75, 3.05) is 11.9 Å². The fourth-order valence-electron chi connectivity index (χ4n) is 3.10. The van der Waals surface area contributed by atoms with Crippen LogP contribution in [0.3, 0.4) is 0 Å². The Morgan fingerprint density at radius 2 is 1.27 bits per heavy atom. The fourth-order valence-corrected chi connectivity index (χ4v) is 3.10. The van der Waals surface area contributed by atoms with Crippen molar-refractivity contribution < 1.29 is 14.4 Å². The van der Waals surface area contributed by atoms with Gasteiger partial charge in [-0.3, -0.25) is 19.3 Å². The average Bonchev–Trinajstić information content (AvgIpc) is 3.02. The zero-order chi connectivity index (χ0) is 20.9. The van der Waals surface area contributed by atoms with Gasteiger partial charge >= 0.3 is 0 Å². The van der Waals surface area contributed by atoms with E-state index in [9.17, 15) is 14.4 Å². The van der Waals surface area contributed by atoms with E-state index in [2.05, 4.69) is 15.5 Å². The van der Waals surface area contributed by atoms with Crippen LogP contribution in [0.15, 0.2) is 89.1 Å². The van der Waals surface area contributed by atoms with Gasteiger partial charge in [-0.15, -0.1) is 0 Å². The molecule has 0 saturated carbocycles. The SMILES string of the molecule is O=C(CCN1C(=O)c2ccccc2C1=O)Nc1ccc(N=Nc2ccccc2)cc1. The van der Waals surface area contributed by atoms with Crippen molar-refractivity contribution in [3.05, 3.63) is 90.0 Å². The highest BCUT2D eigenvalue weighted by Gasteiger charge is 2.34. The molecule has 0 radical (unpaired) electrons. The predicted molar refractivity (Wildman–Crippen MR) is 112 cm³/mol. The van der Waals surface area contributed by atoms with E-state index in [1.54, 1.807) is 48.5 Å². The van der Waals surface area contributed by atoms with Crippen LogP contribution in [-0.4, -0.2) is 29.2 Å². The summed E-state index contributed by atoms with van der Waals surface area (Å²) in [5.74, 6) is -1.02. The Hall–Kier alpha value is -4.13. The maximum atomic E-state index is 12.3. The average molecular weight is 398 g/mol. The fraction of sp³-hybridized carbons (Fsp3) is 0.0870. The van der Waals surface area contributed by atoms with Crippen LogP contribution in [0.4, 0.5) is 17.1 Å². The number of nitrogens with zero attached hydrogens (tertiary/aromatic N) is 3. The Kier molecular flexibility index (Phi) is 5.43. The summed E-state index contributed by atoms with van der Waals surface area (Å²) in [4.78, 5) is 38.0. The van der Waals surface area contributed by atoms with Crippen LogP contribution in [0.25, 0.3) is 0 Å². The number of amides is 3. The minimum Gasteiger partial charge on any atom is -0.326 e. The maximum Gasteiger partial charge on any atom is 0.261 e. The number of imide groups is 1. The molecule has 1 aliphatic rings. The van der Waals surface area contributed by atoms with Crippen molar-refractivity contribution in [1.29, 1.82) is 0 Å². The summed E-state index contributed by atoms with van der Waals surface area (Å²) in [6.07, 6.45) is 0.0148. The highest BCUT2D eigenvalue weighted by atomic mass is 16.2. The monoisotopic (exact) mass is 398 g/mol. The molecule has 0 spiro atoms. The van der Waals surface area contributed by atoms with E-state index in [1.807, 2.05) is 30.3 Å². The number of azo groups is 1. The Bertz CT molecular complexity index is 1090. The smallest absolute Gasteiger partial charge is 0.261 e. The molecule has 0 unspecified atom stereocenters. The first-order valence-electron chi connectivity index (χ1n) is 9.44. The van der Waals surface area contributed by atoms with Gasteiger partial charge in [0, 0.05) is 18.7 Å². The quantitative estimate of drug-likeness (QED) is 0.481. The number of fused-ring (bicyclic) bond motifs is 1. The maximum absolute atomic E-state index is 12.3. The molecule has 0 fully saturated rings. The van der Waals surface area contributed by atoms with Crippen molar-refractivity contribution in [1.82, 2.24) is 4.90 Å². The van der Waals surface area contributed by atoms with Gasteiger partial charge in [-0.2, -0.15) is 10.2 Å². The molecule has 148 valence electrons. The molecule has 0 bridgehead atoms. The Labute approximate surface area is 173 Å². The van der Waals surface area contributed by atoms with E-state index in [0.29, 0.717) is 22.5 Å². The minimum atomic E-state index is -0.364. The molecular weight excluding hydrogens is 380 g/mol. The lowest BCUT2D eigenvalue weighted by atomic mass is 10.1. The van der Waals surface area contributed by atoms with E-state index >= 15 is 0 Å². The summed E-state index contributed by atoms with van der Waals surface area (Å²) in [5, 5.41) is 11.0. The molecule has 0 saturated heterocycles. The molecular formula is C23H18N4O3. The standard InChI is InChI=1S/C23H18N4O3/c28-21(14-15-27-22(29)19-8-4-5-9-20(19)23(27)30)24-16-10-12-18(13-11-16)26-25-17-6-2-1-3-7-17/h1-13H,14-15H2,(H,24,28). The lowest BCUT2D eigenvalue weighted by molar-refractivity contribution is -0.116. The second kappa shape index (κ2) is 8.48. The van der Waals surface area contributed by atoms with Crippen LogP contribution in [0, 0.1) is 0 Å². The van der Waals surface area contributed by atoms with Crippen LogP contribution < -0.4 is 5.32 Å². The lowest BCUT2D eigenvalue weighted by Crippen LogP contribution is -2.32. The predicted octanol–water partition coefficient (Wildman–Crippen LogP) is 4.73. The normalized spacial score (nSPS) is 13.0. The molecule has 1 N–H and O–H groups in total. The zero-order valence-corrected chi connectivity index (χ0v) is 16.0. The summed E-state index contributed by atoms with van der Waals surface area (Å²) >= 11 is 0. The summed E-state index contributed by atoms with van der Waals surface area (Å²) in [6, 6.07) is 23.0. The molecule has 3 aromatic carbocycles. The summed E-state index contributed by atoms with van der Waals surface area (Å²) < 4.78 is 0. The molecule has 7 nitrogen and oxygen atoms in total. The molecule has 3 amide bonds. The highest BCUT2D eigenvalue weighted by molar-refractivity contribution is 6.21. The Balaban J connectivity index is 1.31. The van der Waals surface area contributed by atoms with Gasteiger partial charge in [-0.25, -0.2) is 0 Å². The molecule has 30 heavy (non-hydrogen) atoms. The Morgan fingerprint density at radius 3 is 1.87 bits per heavy atom. The number of carbonyl (C=O) groups excluding carboxylic acids is 3. The van der Waals surface area contributed by atoms with Gasteiger partial charge in [0.2, 0.25) is 5.91 Å². The first-order valence-corrected chi connectivity index (χ1v) is 9.44. The summed E-state index contributed by atoms with van der Waals surface area (Å²) in [6.45, 7) is 0.0293. The third-order valence-corrected chi connectivity index (χ3v) is 4.63. The van der Waals surface area contributed by atoms with Gasteiger partial charge in [0.25, 0.3) is 11.8 Å². The molecule has 1 heterocycles. The zero-order valence-electron chi connectivity index (χ0n) is 16.0. The van der Waals surface area contributed by atoms with Crippen molar-refractivity contribution in [3.8, 4) is 0 Å². The summed E-state index contributed by atoms with van der Waals surface area (Å²) in [5.41, 5.74) is 2.76. The molecule has 4 rings (SSSR count). The van der Waals surface area contributed by atoms with Crippen molar-refractivity contribution in [2.24, 2.45) is 10.2 Å². The van der Waals surface area contributed by atoms with Gasteiger partial charge in [0.1, 0.15) is 0 Å². The number of anilines is 1. The van der Waals surface area contributed by atoms with E-state index in [-0.39, 0.29) is 30.7 Å². The van der Waals surface area contributed by atoms with Gasteiger partial charge in [-0.05, 0) is 48.5 Å². The van der Waals surface area contributed by atoms with Crippen LogP contribution in [0.5, 0.6) is 0 Å². The van der Waals surface area contributed by atoms with E-state index < -0.39 is 0 Å². The van der Waals surface area contributed by atoms with Gasteiger partial charge < -0.3 is 5.32 Å². The lowest BCUT2D eigenvalue weighted by Gasteiger charge is -2.13. The molecule has 0 atom stereocenters. The highest BCUT2D eigenvalue weighted by Crippen LogP contribution is 2.23. The third kappa shape index (κ3) is 4.15. The Morgan fingerprint density at radius 1 is 0.733 bits per heavy atom.